The average Bonchev–Trinajstić information content (AvgIpc) is 2.10. The summed E-state index contributed by atoms with van der Waals surface area (Å²) in [5.74, 6) is 0. The number of hydrogen-bond donors (Lipinski definition) is 1. The Balaban J connectivity index is 2.73. The van der Waals surface area contributed by atoms with Gasteiger partial charge in [-0.25, -0.2) is 0 Å². The Hall–Kier alpha value is -0.00312. The van der Waals surface area contributed by atoms with Gasteiger partial charge in [0.25, 0.3) is 0 Å². The quantitative estimate of drug-likeness (QED) is 0.592. The molecule has 0 fully saturated rings. The van der Waals surface area contributed by atoms with Crippen LogP contribution in [-0.2, 0) is 6.04 Å². The summed E-state index contributed by atoms with van der Waals surface area (Å²) in [4.78, 5) is 0. The first kappa shape index (κ1) is 9.09. The van der Waals surface area contributed by atoms with E-state index in [9.17, 15) is 0 Å². The third-order valence-corrected chi connectivity index (χ3v) is 3.90. The molecule has 0 radical (unpaired) electrons. The average molecular weight is 204 g/mol. The van der Waals surface area contributed by atoms with E-state index in [1.807, 2.05) is 0 Å². The topological polar surface area (TPSA) is 28.7 Å². The van der Waals surface area contributed by atoms with Crippen molar-refractivity contribution in [2.24, 2.45) is 0 Å². The smallest absolute Gasteiger partial charge is 0.176 e. The number of hydrogen-bond acceptors (Lipinski definition) is 3. The highest BCUT2D eigenvalue weighted by molar-refractivity contribution is 7.73. The molecule has 0 saturated heterocycles. The minimum absolute atomic E-state index is 0.790. The first-order valence-electron chi connectivity index (χ1n) is 3.52. The molecule has 62 valence electrons. The van der Waals surface area contributed by atoms with E-state index in [0.717, 1.165) is 15.0 Å². The van der Waals surface area contributed by atoms with E-state index >= 15 is 0 Å². The van der Waals surface area contributed by atoms with Crippen LogP contribution in [0, 0.1) is 3.95 Å². The summed E-state index contributed by atoms with van der Waals surface area (Å²) < 4.78 is 0.790. The number of aromatic amines is 1. The minimum atomic E-state index is -1.00. The molecule has 0 amide bonds. The summed E-state index contributed by atoms with van der Waals surface area (Å²) in [5.41, 5.74) is 0. The Morgan fingerprint density at radius 2 is 2.18 bits per heavy atom. The van der Waals surface area contributed by atoms with Crippen LogP contribution in [-0.4, -0.2) is 18.3 Å². The van der Waals surface area contributed by atoms with Gasteiger partial charge in [0, 0.05) is 0 Å². The lowest BCUT2D eigenvalue weighted by Gasteiger charge is -2.11. The zero-order valence-electron chi connectivity index (χ0n) is 6.97. The molecular weight excluding hydrogens is 192 g/mol. The van der Waals surface area contributed by atoms with Crippen LogP contribution in [0.1, 0.15) is 5.01 Å². The molecule has 1 heterocycles. The number of nitrogens with one attached hydrogen (secondary N) is 1. The Labute approximate surface area is 76.7 Å². The van der Waals surface area contributed by atoms with Gasteiger partial charge in [-0.3, -0.25) is 5.10 Å². The lowest BCUT2D eigenvalue weighted by atomic mass is 10.8. The third-order valence-electron chi connectivity index (χ3n) is 1.16. The number of aromatic nitrogens is 2. The fourth-order valence-electron chi connectivity index (χ4n) is 0.790. The molecule has 2 nitrogen and oxygen atoms in total. The second kappa shape index (κ2) is 3.16. The van der Waals surface area contributed by atoms with Crippen molar-refractivity contribution in [3.05, 3.63) is 8.96 Å². The fraction of sp³-hybridized carbons (Fsp3) is 0.667. The van der Waals surface area contributed by atoms with Gasteiger partial charge in [0.05, 0.1) is 8.07 Å². The maximum atomic E-state index is 4.94. The van der Waals surface area contributed by atoms with Crippen LogP contribution in [0.4, 0.5) is 0 Å². The molecule has 0 unspecified atom stereocenters. The van der Waals surface area contributed by atoms with Crippen molar-refractivity contribution in [2.45, 2.75) is 25.7 Å². The van der Waals surface area contributed by atoms with E-state index in [2.05, 4.69) is 29.8 Å². The summed E-state index contributed by atoms with van der Waals surface area (Å²) in [6.45, 7) is 6.99. The second-order valence-corrected chi connectivity index (χ2v) is 11.0. The molecule has 0 bridgehead atoms. The van der Waals surface area contributed by atoms with Gasteiger partial charge in [-0.15, -0.1) is 0 Å². The summed E-state index contributed by atoms with van der Waals surface area (Å²) >= 11 is 6.54. The molecule has 11 heavy (non-hydrogen) atoms. The van der Waals surface area contributed by atoms with Crippen LogP contribution >= 0.6 is 23.6 Å². The molecule has 1 N–H and O–H groups in total. The first-order chi connectivity index (χ1) is 4.97. The molecule has 0 atom stereocenters. The lowest BCUT2D eigenvalue weighted by Crippen LogP contribution is -2.23. The highest BCUT2D eigenvalue weighted by Gasteiger charge is 2.15. The predicted octanol–water partition coefficient (Wildman–Crippen LogP) is 2.62. The molecule has 1 rings (SSSR count). The normalized spacial score (nSPS) is 11.9. The molecular formula is C6H12N2S2Si. The Kier molecular flexibility index (Phi) is 2.61. The van der Waals surface area contributed by atoms with Crippen LogP contribution in [0.15, 0.2) is 0 Å². The van der Waals surface area contributed by atoms with E-state index in [0.29, 0.717) is 0 Å². The predicted molar refractivity (Wildman–Crippen MR) is 54.3 cm³/mol. The van der Waals surface area contributed by atoms with Gasteiger partial charge < -0.3 is 0 Å². The van der Waals surface area contributed by atoms with Gasteiger partial charge in [-0.05, 0) is 18.3 Å². The Bertz CT molecular complexity index is 283. The first-order valence-corrected chi connectivity index (χ1v) is 8.45. The molecule has 0 spiro atoms. The summed E-state index contributed by atoms with van der Waals surface area (Å²) in [7, 11) is -1.00. The third kappa shape index (κ3) is 3.26. The zero-order valence-corrected chi connectivity index (χ0v) is 9.60. The fourth-order valence-corrected chi connectivity index (χ4v) is 4.09. The largest absolute Gasteiger partial charge is 0.258 e. The van der Waals surface area contributed by atoms with E-state index in [1.54, 1.807) is 11.3 Å². The van der Waals surface area contributed by atoms with Crippen molar-refractivity contribution >= 4 is 31.6 Å². The van der Waals surface area contributed by atoms with Crippen LogP contribution in [0.2, 0.25) is 19.6 Å². The summed E-state index contributed by atoms with van der Waals surface area (Å²) in [6.07, 6.45) is 0. The van der Waals surface area contributed by atoms with Crippen molar-refractivity contribution in [3.8, 4) is 0 Å². The molecule has 0 saturated carbocycles. The van der Waals surface area contributed by atoms with Crippen molar-refractivity contribution < 1.29 is 0 Å². The minimum Gasteiger partial charge on any atom is -0.258 e. The molecule has 0 aliphatic carbocycles. The van der Waals surface area contributed by atoms with Gasteiger partial charge in [0.15, 0.2) is 3.95 Å². The summed E-state index contributed by atoms with van der Waals surface area (Å²) in [5, 5.41) is 8.08. The van der Waals surface area contributed by atoms with Crippen LogP contribution in [0.5, 0.6) is 0 Å². The van der Waals surface area contributed by atoms with Gasteiger partial charge in [-0.2, -0.15) is 5.10 Å². The van der Waals surface area contributed by atoms with E-state index in [1.165, 1.54) is 0 Å². The van der Waals surface area contributed by atoms with E-state index < -0.39 is 8.07 Å². The van der Waals surface area contributed by atoms with Crippen molar-refractivity contribution in [2.75, 3.05) is 0 Å². The molecule has 1 aromatic rings. The SMILES string of the molecule is C[Si](C)(C)Cc1n[nH]c(=S)s1. The van der Waals surface area contributed by atoms with Crippen LogP contribution in [0.25, 0.3) is 0 Å². The molecule has 0 aromatic carbocycles. The van der Waals surface area contributed by atoms with Crippen molar-refractivity contribution in [1.82, 2.24) is 10.2 Å². The monoisotopic (exact) mass is 204 g/mol. The molecule has 1 aromatic heterocycles. The maximum absolute atomic E-state index is 4.94. The molecule has 5 heteroatoms. The second-order valence-electron chi connectivity index (χ2n) is 3.74. The summed E-state index contributed by atoms with van der Waals surface area (Å²) in [6, 6.07) is 1.13. The van der Waals surface area contributed by atoms with Crippen LogP contribution < -0.4 is 0 Å². The van der Waals surface area contributed by atoms with Gasteiger partial charge in [0.1, 0.15) is 5.01 Å². The zero-order chi connectivity index (χ0) is 8.48. The van der Waals surface area contributed by atoms with Crippen LogP contribution in [0.3, 0.4) is 0 Å². The van der Waals surface area contributed by atoms with E-state index in [4.69, 9.17) is 12.2 Å². The van der Waals surface area contributed by atoms with E-state index in [-0.39, 0.29) is 0 Å². The van der Waals surface area contributed by atoms with Crippen molar-refractivity contribution in [1.29, 1.82) is 0 Å². The molecule has 0 aliphatic heterocycles. The Morgan fingerprint density at radius 1 is 1.55 bits per heavy atom. The van der Waals surface area contributed by atoms with Crippen molar-refractivity contribution in [3.63, 3.8) is 0 Å². The maximum Gasteiger partial charge on any atom is 0.176 e. The van der Waals surface area contributed by atoms with Gasteiger partial charge in [-0.1, -0.05) is 31.0 Å². The van der Waals surface area contributed by atoms with Gasteiger partial charge >= 0.3 is 0 Å². The molecule has 0 aliphatic rings. The van der Waals surface area contributed by atoms with Gasteiger partial charge in [0.2, 0.25) is 0 Å². The highest BCUT2D eigenvalue weighted by atomic mass is 32.1. The lowest BCUT2D eigenvalue weighted by molar-refractivity contribution is 1.02. The number of H-pyrrole nitrogens is 1. The number of rotatable bonds is 2. The standard InChI is InChI=1S/C6H12N2S2Si/c1-11(2,3)4-5-7-8-6(9)10-5/h4H2,1-3H3,(H,8,9). The highest BCUT2D eigenvalue weighted by Crippen LogP contribution is 2.13. The number of nitrogens with zero attached hydrogens (tertiary/aromatic N) is 1. The Morgan fingerprint density at radius 3 is 2.55 bits per heavy atom.